The van der Waals surface area contributed by atoms with Gasteiger partial charge in [0.2, 0.25) is 0 Å². The van der Waals surface area contributed by atoms with E-state index in [0.29, 0.717) is 9.86 Å². The number of rotatable bonds is 4. The van der Waals surface area contributed by atoms with Crippen molar-refractivity contribution in [2.45, 2.75) is 39.8 Å². The molecule has 2 rings (SSSR count). The molecule has 0 unspecified atom stereocenters. The van der Waals surface area contributed by atoms with Crippen LogP contribution in [-0.2, 0) is 16.1 Å². The van der Waals surface area contributed by atoms with Crippen molar-refractivity contribution < 1.29 is 19.2 Å². The highest BCUT2D eigenvalue weighted by molar-refractivity contribution is 9.10. The Hall–Kier alpha value is -2.29. The third-order valence-electron chi connectivity index (χ3n) is 3.02. The number of fused-ring (bicyclic) bond motifs is 1. The molecule has 0 aliphatic rings. The zero-order valence-corrected chi connectivity index (χ0v) is 15.2. The Morgan fingerprint density at radius 3 is 2.50 bits per heavy atom. The lowest BCUT2D eigenvalue weighted by molar-refractivity contribution is -0.383. The summed E-state index contributed by atoms with van der Waals surface area (Å²) in [6.45, 7) is 6.13. The van der Waals surface area contributed by atoms with E-state index in [-0.39, 0.29) is 29.2 Å². The number of esters is 1. The average Bonchev–Trinajstić information content (AvgIpc) is 2.74. The Balaban J connectivity index is 2.63. The number of non-ortho nitro benzene ring substituents is 1. The molecule has 0 fully saturated rings. The van der Waals surface area contributed by atoms with Crippen LogP contribution in [0.3, 0.4) is 0 Å². The molecule has 0 bridgehead atoms. The lowest BCUT2D eigenvalue weighted by Crippen LogP contribution is -2.27. The van der Waals surface area contributed by atoms with Gasteiger partial charge < -0.3 is 4.74 Å². The number of nitrogens with zero attached hydrogens (tertiary/aromatic N) is 3. The standard InChI is InChI=1S/C15H16BrN3O5/c1-8(20)13-10-5-9(16)6-11(19(22)23)14(10)18(17-13)7-12(21)24-15(2,3)4/h5-6H,7H2,1-4H3. The molecule has 0 saturated heterocycles. The molecule has 0 aliphatic carbocycles. The number of benzene rings is 1. The lowest BCUT2D eigenvalue weighted by Gasteiger charge is -2.19. The number of nitro benzene ring substituents is 1. The Morgan fingerprint density at radius 1 is 1.38 bits per heavy atom. The molecule has 0 atom stereocenters. The van der Waals surface area contributed by atoms with Crippen LogP contribution in [0.15, 0.2) is 16.6 Å². The molecule has 0 radical (unpaired) electrons. The van der Waals surface area contributed by atoms with Crippen LogP contribution in [0.2, 0.25) is 0 Å². The zero-order valence-electron chi connectivity index (χ0n) is 13.6. The van der Waals surface area contributed by atoms with Crippen LogP contribution >= 0.6 is 15.9 Å². The first-order chi connectivity index (χ1) is 11.0. The maximum atomic E-state index is 12.1. The van der Waals surface area contributed by atoms with Gasteiger partial charge in [-0.25, -0.2) is 4.68 Å². The molecule has 1 aromatic carbocycles. The Labute approximate surface area is 146 Å². The van der Waals surface area contributed by atoms with Crippen molar-refractivity contribution in [1.29, 1.82) is 0 Å². The number of ketones is 1. The van der Waals surface area contributed by atoms with Gasteiger partial charge in [-0.3, -0.25) is 19.7 Å². The number of hydrogen-bond donors (Lipinski definition) is 0. The number of Topliss-reactive ketones (excluding diaryl/α,β-unsaturated/α-hetero) is 1. The van der Waals surface area contributed by atoms with Crippen LogP contribution < -0.4 is 0 Å². The van der Waals surface area contributed by atoms with Crippen molar-refractivity contribution in [3.05, 3.63) is 32.4 Å². The molecule has 0 spiro atoms. The van der Waals surface area contributed by atoms with Crippen LogP contribution in [0.4, 0.5) is 5.69 Å². The molecule has 0 N–H and O–H groups in total. The third-order valence-corrected chi connectivity index (χ3v) is 3.48. The normalized spacial score (nSPS) is 11.5. The highest BCUT2D eigenvalue weighted by Crippen LogP contribution is 2.32. The minimum Gasteiger partial charge on any atom is -0.459 e. The van der Waals surface area contributed by atoms with Gasteiger partial charge in [0.15, 0.2) is 5.78 Å². The minimum atomic E-state index is -0.696. The molecule has 2 aromatic rings. The van der Waals surface area contributed by atoms with Crippen LogP contribution in [0.5, 0.6) is 0 Å². The lowest BCUT2D eigenvalue weighted by atomic mass is 10.1. The van der Waals surface area contributed by atoms with Crippen molar-refractivity contribution in [1.82, 2.24) is 9.78 Å². The summed E-state index contributed by atoms with van der Waals surface area (Å²) in [5, 5.41) is 15.8. The molecule has 24 heavy (non-hydrogen) atoms. The van der Waals surface area contributed by atoms with Crippen molar-refractivity contribution in [2.24, 2.45) is 0 Å². The summed E-state index contributed by atoms with van der Waals surface area (Å²) >= 11 is 3.19. The van der Waals surface area contributed by atoms with Crippen LogP contribution in [0.1, 0.15) is 38.2 Å². The van der Waals surface area contributed by atoms with Gasteiger partial charge in [0.1, 0.15) is 23.4 Å². The average molecular weight is 398 g/mol. The van der Waals surface area contributed by atoms with Crippen LogP contribution in [0, 0.1) is 10.1 Å². The summed E-state index contributed by atoms with van der Waals surface area (Å²) in [6.07, 6.45) is 0. The van der Waals surface area contributed by atoms with Crippen molar-refractivity contribution in [2.75, 3.05) is 0 Å². The highest BCUT2D eigenvalue weighted by Gasteiger charge is 2.26. The van der Waals surface area contributed by atoms with Gasteiger partial charge in [-0.05, 0) is 26.8 Å². The maximum Gasteiger partial charge on any atom is 0.328 e. The third kappa shape index (κ3) is 3.78. The zero-order chi connectivity index (χ0) is 18.2. The van der Waals surface area contributed by atoms with E-state index in [1.807, 2.05) is 0 Å². The summed E-state index contributed by atoms with van der Waals surface area (Å²) in [4.78, 5) is 34.6. The minimum absolute atomic E-state index is 0.0676. The summed E-state index contributed by atoms with van der Waals surface area (Å²) in [7, 11) is 0. The van der Waals surface area contributed by atoms with Gasteiger partial charge in [0, 0.05) is 22.8 Å². The Morgan fingerprint density at radius 2 is 2.00 bits per heavy atom. The van der Waals surface area contributed by atoms with E-state index in [0.717, 1.165) is 4.68 Å². The van der Waals surface area contributed by atoms with E-state index in [1.165, 1.54) is 13.0 Å². The summed E-state index contributed by atoms with van der Waals surface area (Å²) in [6, 6.07) is 2.87. The van der Waals surface area contributed by atoms with Crippen molar-refractivity contribution >= 4 is 44.3 Å². The quantitative estimate of drug-likeness (QED) is 0.339. The molecule has 8 nitrogen and oxygen atoms in total. The molecule has 0 saturated carbocycles. The Kier molecular flexibility index (Phi) is 4.75. The van der Waals surface area contributed by atoms with Crippen LogP contribution in [0.25, 0.3) is 10.9 Å². The van der Waals surface area contributed by atoms with E-state index in [1.54, 1.807) is 26.8 Å². The molecular formula is C15H16BrN3O5. The SMILES string of the molecule is CC(=O)c1nn(CC(=O)OC(C)(C)C)c2c([N+](=O)[O-])cc(Br)cc12. The molecule has 1 heterocycles. The second-order valence-corrected chi connectivity index (χ2v) is 7.14. The number of aromatic nitrogens is 2. The number of carbonyl (C=O) groups excluding carboxylic acids is 2. The molecule has 9 heteroatoms. The largest absolute Gasteiger partial charge is 0.459 e. The summed E-state index contributed by atoms with van der Waals surface area (Å²) < 4.78 is 6.81. The second kappa shape index (κ2) is 6.31. The van der Waals surface area contributed by atoms with Gasteiger partial charge in [-0.2, -0.15) is 5.10 Å². The smallest absolute Gasteiger partial charge is 0.328 e. The fourth-order valence-corrected chi connectivity index (χ4v) is 2.72. The predicted octanol–water partition coefficient (Wildman–Crippen LogP) is 3.25. The molecule has 0 aliphatic heterocycles. The van der Waals surface area contributed by atoms with E-state index < -0.39 is 16.5 Å². The van der Waals surface area contributed by atoms with Gasteiger partial charge >= 0.3 is 5.97 Å². The highest BCUT2D eigenvalue weighted by atomic mass is 79.9. The molecule has 1 aromatic heterocycles. The molecule has 0 amide bonds. The molecular weight excluding hydrogens is 382 g/mol. The van der Waals surface area contributed by atoms with E-state index in [9.17, 15) is 19.7 Å². The summed E-state index contributed by atoms with van der Waals surface area (Å²) in [5.74, 6) is -0.949. The fraction of sp³-hybridized carbons (Fsp3) is 0.400. The second-order valence-electron chi connectivity index (χ2n) is 6.23. The van der Waals surface area contributed by atoms with Gasteiger partial charge in [0.05, 0.1) is 4.92 Å². The first kappa shape index (κ1) is 18.1. The number of halogens is 1. The first-order valence-electron chi connectivity index (χ1n) is 7.07. The van der Waals surface area contributed by atoms with E-state index >= 15 is 0 Å². The van der Waals surface area contributed by atoms with Crippen molar-refractivity contribution in [3.8, 4) is 0 Å². The van der Waals surface area contributed by atoms with E-state index in [2.05, 4.69) is 21.0 Å². The number of ether oxygens (including phenoxy) is 1. The predicted molar refractivity (Wildman–Crippen MR) is 89.9 cm³/mol. The summed E-state index contributed by atoms with van der Waals surface area (Å²) in [5.41, 5.74) is -0.765. The van der Waals surface area contributed by atoms with Gasteiger partial charge in [-0.1, -0.05) is 15.9 Å². The van der Waals surface area contributed by atoms with Crippen molar-refractivity contribution in [3.63, 3.8) is 0 Å². The topological polar surface area (TPSA) is 104 Å². The van der Waals surface area contributed by atoms with E-state index in [4.69, 9.17) is 4.74 Å². The number of hydrogen-bond acceptors (Lipinski definition) is 6. The monoisotopic (exact) mass is 397 g/mol. The number of nitro groups is 1. The van der Waals surface area contributed by atoms with Gasteiger partial charge in [0.25, 0.3) is 5.69 Å². The first-order valence-corrected chi connectivity index (χ1v) is 7.86. The fourth-order valence-electron chi connectivity index (χ4n) is 2.27. The molecule has 128 valence electrons. The Bertz CT molecular complexity index is 851. The number of carbonyl (C=O) groups is 2. The van der Waals surface area contributed by atoms with Crippen LogP contribution in [-0.4, -0.2) is 32.1 Å². The van der Waals surface area contributed by atoms with Gasteiger partial charge in [-0.15, -0.1) is 0 Å². The maximum absolute atomic E-state index is 12.1.